The molecule has 0 radical (unpaired) electrons. The van der Waals surface area contributed by atoms with Gasteiger partial charge in [-0.2, -0.15) is 0 Å². The average molecular weight is 247 g/mol. The minimum atomic E-state index is 0.112. The Morgan fingerprint density at radius 3 is 3.11 bits per heavy atom. The largest absolute Gasteiger partial charge is 0.399 e. The van der Waals surface area contributed by atoms with Crippen molar-refractivity contribution in [2.45, 2.75) is 32.2 Å². The lowest BCUT2D eigenvalue weighted by molar-refractivity contribution is -0.120. The highest BCUT2D eigenvalue weighted by Crippen LogP contribution is 2.32. The molecule has 0 aliphatic heterocycles. The zero-order chi connectivity index (χ0) is 13.0. The second-order valence-corrected chi connectivity index (χ2v) is 4.71. The molecule has 98 valence electrons. The lowest BCUT2D eigenvalue weighted by atomic mass is 10.1. The zero-order valence-corrected chi connectivity index (χ0v) is 10.8. The van der Waals surface area contributed by atoms with Gasteiger partial charge in [-0.1, -0.05) is 6.07 Å². The molecule has 2 rings (SSSR count). The quantitative estimate of drug-likeness (QED) is 0.688. The number of anilines is 1. The number of aryl methyl sites for hydroxylation is 1. The number of amides is 1. The van der Waals surface area contributed by atoms with Crippen molar-refractivity contribution in [1.29, 1.82) is 0 Å². The zero-order valence-electron chi connectivity index (χ0n) is 10.8. The third kappa shape index (κ3) is 3.01. The van der Waals surface area contributed by atoms with Crippen LogP contribution < -0.4 is 16.4 Å². The van der Waals surface area contributed by atoms with Crippen LogP contribution in [0.2, 0.25) is 0 Å². The van der Waals surface area contributed by atoms with Crippen LogP contribution in [-0.2, 0) is 11.2 Å². The molecule has 1 atom stereocenters. The van der Waals surface area contributed by atoms with Gasteiger partial charge in [0.1, 0.15) is 0 Å². The Balaban J connectivity index is 1.85. The highest BCUT2D eigenvalue weighted by molar-refractivity contribution is 5.75. The van der Waals surface area contributed by atoms with Crippen molar-refractivity contribution in [2.75, 3.05) is 18.8 Å². The fourth-order valence-corrected chi connectivity index (χ4v) is 2.49. The van der Waals surface area contributed by atoms with E-state index in [9.17, 15) is 4.79 Å². The van der Waals surface area contributed by atoms with E-state index in [1.807, 2.05) is 13.0 Å². The molecule has 1 aliphatic carbocycles. The Hall–Kier alpha value is -1.55. The summed E-state index contributed by atoms with van der Waals surface area (Å²) >= 11 is 0. The minimum Gasteiger partial charge on any atom is -0.399 e. The Kier molecular flexibility index (Phi) is 4.20. The standard InChI is InChI=1S/C14H21N3O/c1-2-16-14(18)7-8-17-13-6-3-10-9-11(15)4-5-12(10)13/h4-5,9,13,17H,2-3,6-8,15H2,1H3,(H,16,18). The molecule has 1 aromatic carbocycles. The Morgan fingerprint density at radius 1 is 1.50 bits per heavy atom. The van der Waals surface area contributed by atoms with E-state index >= 15 is 0 Å². The number of hydrogen-bond donors (Lipinski definition) is 3. The molecule has 1 aliphatic rings. The molecule has 0 heterocycles. The molecular formula is C14H21N3O. The predicted molar refractivity (Wildman–Crippen MR) is 73.2 cm³/mol. The maximum Gasteiger partial charge on any atom is 0.221 e. The van der Waals surface area contributed by atoms with Crippen molar-refractivity contribution in [3.05, 3.63) is 29.3 Å². The molecule has 1 amide bonds. The van der Waals surface area contributed by atoms with Gasteiger partial charge >= 0.3 is 0 Å². The topological polar surface area (TPSA) is 67.2 Å². The molecular weight excluding hydrogens is 226 g/mol. The minimum absolute atomic E-state index is 0.112. The van der Waals surface area contributed by atoms with E-state index in [4.69, 9.17) is 5.73 Å². The molecule has 0 spiro atoms. The van der Waals surface area contributed by atoms with Gasteiger partial charge in [-0.05, 0) is 43.0 Å². The normalized spacial score (nSPS) is 17.5. The Bertz CT molecular complexity index is 431. The van der Waals surface area contributed by atoms with Crippen molar-refractivity contribution in [3.8, 4) is 0 Å². The second-order valence-electron chi connectivity index (χ2n) is 4.71. The molecule has 0 fully saturated rings. The van der Waals surface area contributed by atoms with Gasteiger partial charge in [-0.3, -0.25) is 4.79 Å². The number of nitrogens with two attached hydrogens (primary N) is 1. The monoisotopic (exact) mass is 247 g/mol. The summed E-state index contributed by atoms with van der Waals surface area (Å²) in [6.07, 6.45) is 2.70. The molecule has 0 aromatic heterocycles. The third-order valence-corrected chi connectivity index (χ3v) is 3.36. The van der Waals surface area contributed by atoms with Crippen molar-refractivity contribution in [2.24, 2.45) is 0 Å². The summed E-state index contributed by atoms with van der Waals surface area (Å²) in [5, 5.41) is 6.25. The number of rotatable bonds is 5. The van der Waals surface area contributed by atoms with Crippen LogP contribution in [0.5, 0.6) is 0 Å². The van der Waals surface area contributed by atoms with Gasteiger partial charge < -0.3 is 16.4 Å². The van der Waals surface area contributed by atoms with Crippen LogP contribution in [0, 0.1) is 0 Å². The van der Waals surface area contributed by atoms with Gasteiger partial charge in [0.05, 0.1) is 0 Å². The van der Waals surface area contributed by atoms with Crippen molar-refractivity contribution >= 4 is 11.6 Å². The fourth-order valence-electron chi connectivity index (χ4n) is 2.49. The number of fused-ring (bicyclic) bond motifs is 1. The number of benzene rings is 1. The van der Waals surface area contributed by atoms with Crippen molar-refractivity contribution in [3.63, 3.8) is 0 Å². The summed E-state index contributed by atoms with van der Waals surface area (Å²) in [5.41, 5.74) is 9.28. The van der Waals surface area contributed by atoms with E-state index in [0.717, 1.165) is 25.1 Å². The summed E-state index contributed by atoms with van der Waals surface area (Å²) in [6.45, 7) is 3.35. The van der Waals surface area contributed by atoms with Crippen LogP contribution in [0.1, 0.15) is 36.9 Å². The number of carbonyl (C=O) groups is 1. The smallest absolute Gasteiger partial charge is 0.221 e. The molecule has 4 N–H and O–H groups in total. The summed E-state index contributed by atoms with van der Waals surface area (Å²) in [4.78, 5) is 11.3. The first-order chi connectivity index (χ1) is 8.70. The molecule has 0 saturated heterocycles. The lowest BCUT2D eigenvalue weighted by Crippen LogP contribution is -2.28. The summed E-state index contributed by atoms with van der Waals surface area (Å²) < 4.78 is 0. The van der Waals surface area contributed by atoms with Gasteiger partial charge in [0.2, 0.25) is 5.91 Å². The number of hydrogen-bond acceptors (Lipinski definition) is 3. The molecule has 4 nitrogen and oxygen atoms in total. The highest BCUT2D eigenvalue weighted by Gasteiger charge is 2.21. The van der Waals surface area contributed by atoms with Gasteiger partial charge in [0, 0.05) is 31.2 Å². The first-order valence-corrected chi connectivity index (χ1v) is 6.59. The maximum atomic E-state index is 11.3. The van der Waals surface area contributed by atoms with Gasteiger partial charge in [-0.15, -0.1) is 0 Å². The van der Waals surface area contributed by atoms with Crippen molar-refractivity contribution < 1.29 is 4.79 Å². The Morgan fingerprint density at radius 2 is 2.33 bits per heavy atom. The number of carbonyl (C=O) groups excluding carboxylic acids is 1. The maximum absolute atomic E-state index is 11.3. The van der Waals surface area contributed by atoms with E-state index < -0.39 is 0 Å². The van der Waals surface area contributed by atoms with Gasteiger partial charge in [0.25, 0.3) is 0 Å². The molecule has 0 saturated carbocycles. The van der Waals surface area contributed by atoms with Gasteiger partial charge in [-0.25, -0.2) is 0 Å². The van der Waals surface area contributed by atoms with E-state index in [0.29, 0.717) is 19.0 Å². The average Bonchev–Trinajstić information content (AvgIpc) is 2.72. The van der Waals surface area contributed by atoms with Crippen LogP contribution in [-0.4, -0.2) is 19.0 Å². The van der Waals surface area contributed by atoms with Crippen LogP contribution in [0.25, 0.3) is 0 Å². The fraction of sp³-hybridized carbons (Fsp3) is 0.500. The molecule has 1 aromatic rings. The predicted octanol–water partition coefficient (Wildman–Crippen LogP) is 1.37. The van der Waals surface area contributed by atoms with Crippen molar-refractivity contribution in [1.82, 2.24) is 10.6 Å². The number of nitrogen functional groups attached to an aromatic ring is 1. The van der Waals surface area contributed by atoms with Crippen LogP contribution in [0.4, 0.5) is 5.69 Å². The van der Waals surface area contributed by atoms with Crippen LogP contribution >= 0.6 is 0 Å². The van der Waals surface area contributed by atoms with E-state index in [1.54, 1.807) is 0 Å². The summed E-state index contributed by atoms with van der Waals surface area (Å²) in [5.74, 6) is 0.112. The van der Waals surface area contributed by atoms with E-state index in [2.05, 4.69) is 22.8 Å². The summed E-state index contributed by atoms with van der Waals surface area (Å²) in [7, 11) is 0. The SMILES string of the molecule is CCNC(=O)CCNC1CCc2cc(N)ccc21. The van der Waals surface area contributed by atoms with E-state index in [-0.39, 0.29) is 5.91 Å². The molecule has 18 heavy (non-hydrogen) atoms. The Labute approximate surface area is 108 Å². The highest BCUT2D eigenvalue weighted by atomic mass is 16.1. The van der Waals surface area contributed by atoms with E-state index in [1.165, 1.54) is 11.1 Å². The first-order valence-electron chi connectivity index (χ1n) is 6.59. The first kappa shape index (κ1) is 12.9. The second kappa shape index (κ2) is 5.87. The molecule has 0 bridgehead atoms. The van der Waals surface area contributed by atoms with Crippen LogP contribution in [0.15, 0.2) is 18.2 Å². The summed E-state index contributed by atoms with van der Waals surface area (Å²) in [6, 6.07) is 6.47. The lowest BCUT2D eigenvalue weighted by Gasteiger charge is -2.14. The molecule has 4 heteroatoms. The molecule has 1 unspecified atom stereocenters. The van der Waals surface area contributed by atoms with Gasteiger partial charge in [0.15, 0.2) is 0 Å². The van der Waals surface area contributed by atoms with Crippen LogP contribution in [0.3, 0.4) is 0 Å². The third-order valence-electron chi connectivity index (χ3n) is 3.36. The number of nitrogens with one attached hydrogen (secondary N) is 2.